The van der Waals surface area contributed by atoms with E-state index in [9.17, 15) is 0 Å². The van der Waals surface area contributed by atoms with Crippen molar-refractivity contribution >= 4 is 21.5 Å². The van der Waals surface area contributed by atoms with Crippen LogP contribution in [0, 0.1) is 70.0 Å². The largest absolute Gasteiger partial charge is 0.394 e. The fourth-order valence-electron chi connectivity index (χ4n) is 13.1. The zero-order chi connectivity index (χ0) is 106. The molecule has 8 aromatic rings. The number of rotatable bonds is 3. The van der Waals surface area contributed by atoms with Gasteiger partial charge < -0.3 is 77.5 Å². The van der Waals surface area contributed by atoms with Gasteiger partial charge in [0.1, 0.15) is 0 Å². The molecule has 8 rings (SSSR count). The van der Waals surface area contributed by atoms with Crippen LogP contribution in [0.5, 0.6) is 0 Å². The Kier molecular flexibility index (Phi) is 63.5. The molecule has 0 saturated carbocycles. The summed E-state index contributed by atoms with van der Waals surface area (Å²) >= 11 is 0. The van der Waals surface area contributed by atoms with Gasteiger partial charge in [0.15, 0.2) is 0 Å². The number of allylic oxidation sites excluding steroid dienone is 10. The molecule has 0 aliphatic heterocycles. The van der Waals surface area contributed by atoms with E-state index < -0.39 is 0 Å². The summed E-state index contributed by atoms with van der Waals surface area (Å²) in [7, 11) is 0. The smallest absolute Gasteiger partial charge is 0.0358 e. The number of fused-ring (bicyclic) bond motifs is 2. The molecule has 0 N–H and O–H groups in total. The predicted molar refractivity (Wildman–Crippen MR) is 610 cm³/mol. The van der Waals surface area contributed by atoms with Crippen molar-refractivity contribution in [1.82, 2.24) is 4.57 Å². The molecule has 0 aliphatic rings. The predicted octanol–water partition coefficient (Wildman–Crippen LogP) is 41.7. The van der Waals surface area contributed by atoms with Crippen molar-refractivity contribution in [2.45, 2.75) is 481 Å². The van der Waals surface area contributed by atoms with Gasteiger partial charge in [-0.05, 0) is 164 Å². The van der Waals surface area contributed by atoms with Gasteiger partial charge in [0.25, 0.3) is 0 Å². The quantitative estimate of drug-likeness (QED) is 0.123. The van der Waals surface area contributed by atoms with E-state index in [0.29, 0.717) is 0 Å². The molecule has 0 bridgehead atoms. The molecule has 3 radical (unpaired) electrons. The first-order chi connectivity index (χ1) is 59.3. The molecule has 0 fully saturated rings. The second-order valence-corrected chi connectivity index (χ2v) is 53.9. The Bertz CT molecular complexity index is 4570. The van der Waals surface area contributed by atoms with Crippen molar-refractivity contribution < 1.29 is 98.1 Å². The van der Waals surface area contributed by atoms with Crippen LogP contribution >= 0.6 is 0 Å². The Labute approximate surface area is 925 Å². The summed E-state index contributed by atoms with van der Waals surface area (Å²) in [5.41, 5.74) is 21.1. The van der Waals surface area contributed by atoms with E-state index in [4.69, 9.17) is 13.2 Å². The number of aromatic nitrogens is 1. The fraction of sp³-hybridized carbons (Fsp3) is 0.591. The summed E-state index contributed by atoms with van der Waals surface area (Å²) in [5, 5.41) is 5.43. The fourth-order valence-corrected chi connectivity index (χ4v) is 13.1. The van der Waals surface area contributed by atoms with Crippen molar-refractivity contribution in [1.29, 1.82) is 0 Å². The third-order valence-electron chi connectivity index (χ3n) is 21.2. The normalized spacial score (nSPS) is 12.7. The van der Waals surface area contributed by atoms with Gasteiger partial charge in [-0.1, -0.05) is 540 Å². The monoisotopic (exact) mass is 2080 g/mol. The van der Waals surface area contributed by atoms with Gasteiger partial charge in [-0.3, -0.25) is 0 Å². The molecule has 0 unspecified atom stereocenters. The molecule has 4 heteroatoms. The number of hydrogen-bond donors (Lipinski definition) is 0. The van der Waals surface area contributed by atoms with Crippen molar-refractivity contribution in [3.05, 3.63) is 298 Å². The van der Waals surface area contributed by atoms with Gasteiger partial charge in [-0.15, -0.1) is 32.5 Å². The molecule has 136 heavy (non-hydrogen) atoms. The van der Waals surface area contributed by atoms with Gasteiger partial charge in [-0.2, -0.15) is 0 Å². The zero-order valence-electron chi connectivity index (χ0n) is 101. The molecule has 0 aliphatic carbocycles. The summed E-state index contributed by atoms with van der Waals surface area (Å²) in [5.74, 6) is 0. The van der Waals surface area contributed by atoms with Crippen molar-refractivity contribution in [2.75, 3.05) is 0 Å². The molecular formula is C132H213NY3-6. The van der Waals surface area contributed by atoms with Crippen LogP contribution in [0.4, 0.5) is 0 Å². The van der Waals surface area contributed by atoms with E-state index in [2.05, 4.69) is 567 Å². The molecule has 1 aromatic heterocycles. The average Bonchev–Trinajstić information content (AvgIpc) is 1.32. The maximum atomic E-state index is 5.86. The molecule has 0 amide bonds. The Hall–Kier alpha value is -3.91. The van der Waals surface area contributed by atoms with Crippen LogP contribution in [0.1, 0.15) is 477 Å². The molecule has 761 valence electrons. The summed E-state index contributed by atoms with van der Waals surface area (Å²) in [6.45, 7) is 143. The van der Waals surface area contributed by atoms with Gasteiger partial charge in [0.2, 0.25) is 0 Å². The van der Waals surface area contributed by atoms with Gasteiger partial charge >= 0.3 is 0 Å². The molecule has 1 heterocycles. The van der Waals surface area contributed by atoms with Crippen molar-refractivity contribution in [3.8, 4) is 0 Å². The Morgan fingerprint density at radius 1 is 0.257 bits per heavy atom. The van der Waals surface area contributed by atoms with E-state index in [-0.39, 0.29) is 196 Å². The topological polar surface area (TPSA) is 4.93 Å². The van der Waals surface area contributed by atoms with Crippen LogP contribution in [-0.4, -0.2) is 4.57 Å². The van der Waals surface area contributed by atoms with Gasteiger partial charge in [0.05, 0.1) is 0 Å². The second-order valence-electron chi connectivity index (χ2n) is 53.9. The Morgan fingerprint density at radius 2 is 0.559 bits per heavy atom. The third kappa shape index (κ3) is 60.6. The zero-order valence-corrected chi connectivity index (χ0v) is 109. The van der Waals surface area contributed by atoms with Crippen LogP contribution in [0.25, 0.3) is 21.5 Å². The maximum Gasteiger partial charge on any atom is 0.0358 e. The third-order valence-corrected chi connectivity index (χ3v) is 21.2. The van der Waals surface area contributed by atoms with Gasteiger partial charge in [0, 0.05) is 121 Å². The number of benzene rings is 7. The standard InChI is InChI=1S/2C18H24.3C14H22.C12H21N.3C12H20.3C2H6.3Y/c1-17(2,3)14-11-13-9-7-8-10-15(13)16(12-14)18(4,5)6;1-17(2,3)15-11-13-9-7-8-10-14(13)12-16(15)18(4,5)6;1-13(2,3)11-7-9-12(10-8-11)14(4,5)6;1-13(2,3)11-8-7-9-12(10-11)14(4,5)6;1-13(2,3)11-9-7-8-10-12(11)14(4,5)6;1-11(2,3)10-8-7-9-13(10)12(4,5)6;1-10(12(5,6)7)8-9-11(2,3)4;1-11(2,3)9-7-8-10-12(4,5)6;1-8-10(12(5,6)7)9-11(2,3)4;3*1-2;;;/h2*7-12H,1-6H3;3*7-10H,1-6H3;7-9H,1-6H3;1,8H,2-7H3;7-8H,1-6H3;1,8H,2-7H3;3*1-2H3;;;/q;;;;;;3*-2;;;;;;. The first-order valence-corrected chi connectivity index (χ1v) is 50.5. The average molecular weight is 2080 g/mol. The van der Waals surface area contributed by atoms with E-state index in [1.54, 1.807) is 6.08 Å². The molecule has 7 aromatic carbocycles. The SMILES string of the molecule is CC.CC.CC.CC(C)(C)[C-]=CC=[C-]C(C)(C)C.CC(C)(C)c1cc(C(C)(C)C)c2ccccc2c1.CC(C)(C)c1cc2ccccc2cc1C(C)(C)C.CC(C)(C)c1ccc(C(C)(C)C)cc1.CC(C)(C)c1cccc(C(C)(C)C)c1.CC(C)(C)c1ccccc1C(C)(C)C.CC(C)(C)c1cccn1C(C)(C)C.[CH-]=C(C=[C-]C(C)(C)C)C(C)(C)C.[CH-]=CC(=[C-]C(C)(C)C)C(C)(C)C.[Y].[Y].[Y]. The molecular weight excluding hydrogens is 1870 g/mol. The van der Waals surface area contributed by atoms with Crippen molar-refractivity contribution in [3.63, 3.8) is 0 Å². The summed E-state index contributed by atoms with van der Waals surface area (Å²) in [6, 6.07) is 57.9. The number of hydrogen-bond acceptors (Lipinski definition) is 0. The van der Waals surface area contributed by atoms with Crippen LogP contribution in [-0.2, 0) is 163 Å². The molecule has 0 spiro atoms. The van der Waals surface area contributed by atoms with Crippen LogP contribution < -0.4 is 0 Å². The second kappa shape index (κ2) is 59.5. The summed E-state index contributed by atoms with van der Waals surface area (Å²) in [4.78, 5) is 0. The number of nitrogens with zero attached hydrogens (tertiary/aromatic N) is 1. The maximum absolute atomic E-state index is 5.86. The van der Waals surface area contributed by atoms with Crippen LogP contribution in [0.3, 0.4) is 0 Å². The van der Waals surface area contributed by atoms with Crippen molar-refractivity contribution in [2.24, 2.45) is 32.5 Å². The summed E-state index contributed by atoms with van der Waals surface area (Å²) < 4.78 is 2.35. The van der Waals surface area contributed by atoms with E-state index >= 15 is 0 Å². The van der Waals surface area contributed by atoms with Gasteiger partial charge in [-0.25, -0.2) is 0 Å². The van der Waals surface area contributed by atoms with Crippen LogP contribution in [0.15, 0.2) is 199 Å². The first kappa shape index (κ1) is 145. The molecule has 0 atom stereocenters. The van der Waals surface area contributed by atoms with E-state index in [1.165, 1.54) is 82.9 Å². The summed E-state index contributed by atoms with van der Waals surface area (Å²) in [6.07, 6.45) is 22.8. The minimum absolute atomic E-state index is 0. The van der Waals surface area contributed by atoms with Crippen LogP contribution in [0.2, 0.25) is 0 Å². The van der Waals surface area contributed by atoms with E-state index in [1.807, 2.05) is 59.8 Å². The molecule has 1 nitrogen and oxygen atoms in total. The minimum atomic E-state index is 0. The Morgan fingerprint density at radius 3 is 0.801 bits per heavy atom. The van der Waals surface area contributed by atoms with E-state index in [0.717, 1.165) is 11.1 Å². The Balaban J connectivity index is -0.000000274. The minimum Gasteiger partial charge on any atom is -0.394 e. The first-order valence-electron chi connectivity index (χ1n) is 50.5. The molecule has 0 saturated heterocycles.